The van der Waals surface area contributed by atoms with E-state index in [9.17, 15) is 22.8 Å². The van der Waals surface area contributed by atoms with Gasteiger partial charge in [-0.3, -0.25) is 14.5 Å². The Kier molecular flexibility index (Phi) is 6.60. The molecule has 1 saturated heterocycles. The molecular weight excluding hydrogens is 489 g/mol. The summed E-state index contributed by atoms with van der Waals surface area (Å²) < 4.78 is 42.2. The zero-order chi connectivity index (χ0) is 26.6. The molecule has 1 amide bonds. The number of nitrogens with zero attached hydrogens (tertiary/aromatic N) is 2. The van der Waals surface area contributed by atoms with Crippen molar-refractivity contribution >= 4 is 33.5 Å². The third-order valence-corrected chi connectivity index (χ3v) is 8.06. The number of anilines is 2. The second-order valence-electron chi connectivity index (χ2n) is 11.0. The summed E-state index contributed by atoms with van der Waals surface area (Å²) in [5, 5.41) is -0.715. The summed E-state index contributed by atoms with van der Waals surface area (Å²) in [6.45, 7) is 8.82. The molecule has 2 aromatic carbocycles. The van der Waals surface area contributed by atoms with Gasteiger partial charge < -0.3 is 9.64 Å². The average molecular weight is 521 g/mol. The Bertz CT molecular complexity index is 1210. The third-order valence-electron chi connectivity index (χ3n) is 7.22. The summed E-state index contributed by atoms with van der Waals surface area (Å²) in [7, 11) is 3.79. The lowest BCUT2D eigenvalue weighted by Crippen LogP contribution is -2.39. The first-order valence-electron chi connectivity index (χ1n) is 11.8. The minimum atomic E-state index is -4.82. The lowest BCUT2D eigenvalue weighted by molar-refractivity contribution is -0.274. The monoisotopic (exact) mass is 520 g/mol. The van der Waals surface area contributed by atoms with Crippen LogP contribution in [0.2, 0.25) is 0 Å². The Labute approximate surface area is 214 Å². The van der Waals surface area contributed by atoms with Gasteiger partial charge in [-0.2, -0.15) is 0 Å². The largest absolute Gasteiger partial charge is 0.573 e. The van der Waals surface area contributed by atoms with Gasteiger partial charge in [-0.1, -0.05) is 39.8 Å². The number of fused-ring (bicyclic) bond motifs is 1. The Morgan fingerprint density at radius 3 is 2.22 bits per heavy atom. The minimum absolute atomic E-state index is 0.0357. The first-order chi connectivity index (χ1) is 16.6. The van der Waals surface area contributed by atoms with Crippen molar-refractivity contribution in [2.45, 2.75) is 70.2 Å². The molecule has 1 heterocycles. The van der Waals surface area contributed by atoms with Gasteiger partial charge in [-0.15, -0.1) is 13.2 Å². The van der Waals surface area contributed by atoms with E-state index in [0.717, 1.165) is 24.1 Å². The van der Waals surface area contributed by atoms with Crippen molar-refractivity contribution in [3.05, 3.63) is 53.1 Å². The van der Waals surface area contributed by atoms with E-state index in [4.69, 9.17) is 0 Å². The molecule has 1 unspecified atom stereocenters. The van der Waals surface area contributed by atoms with Crippen molar-refractivity contribution in [1.82, 2.24) is 0 Å². The molecule has 1 atom stereocenters. The summed E-state index contributed by atoms with van der Waals surface area (Å²) in [6.07, 6.45) is -2.71. The van der Waals surface area contributed by atoms with E-state index in [1.165, 1.54) is 28.7 Å². The summed E-state index contributed by atoms with van der Waals surface area (Å²) >= 11 is 0.641. The highest BCUT2D eigenvalue weighted by Gasteiger charge is 2.44. The molecule has 1 aliphatic carbocycles. The number of benzene rings is 2. The summed E-state index contributed by atoms with van der Waals surface area (Å²) in [4.78, 5) is 29.6. The van der Waals surface area contributed by atoms with E-state index in [2.05, 4.69) is 38.5 Å². The first kappa shape index (κ1) is 26.4. The van der Waals surface area contributed by atoms with E-state index in [1.807, 2.05) is 25.1 Å². The van der Waals surface area contributed by atoms with Gasteiger partial charge in [0.15, 0.2) is 0 Å². The lowest BCUT2D eigenvalue weighted by atomic mass is 9.63. The zero-order valence-electron chi connectivity index (χ0n) is 21.3. The Hall–Kier alpha value is -2.68. The number of thioether (sulfide) groups is 1. The van der Waals surface area contributed by atoms with Crippen LogP contribution in [0.25, 0.3) is 0 Å². The second-order valence-corrected chi connectivity index (χ2v) is 12.0. The topological polar surface area (TPSA) is 49.9 Å². The molecule has 0 spiro atoms. The molecule has 1 fully saturated rings. The molecule has 0 bridgehead atoms. The standard InChI is InChI=1S/C27H31F3N2O3S/c1-25(2)10-11-26(3,4)19-15-21(20(31(5)6)14-18(19)25)32-22(23(33)36-24(32)34)13-16-8-7-9-17(12-16)35-27(28,29)30/h7-9,12,14-15,22H,10-11,13H2,1-6H3. The van der Waals surface area contributed by atoms with Crippen LogP contribution in [0.1, 0.15) is 57.2 Å². The zero-order valence-corrected chi connectivity index (χ0v) is 22.1. The highest BCUT2D eigenvalue weighted by Crippen LogP contribution is 2.50. The fourth-order valence-corrected chi connectivity index (χ4v) is 5.93. The predicted octanol–water partition coefficient (Wildman–Crippen LogP) is 6.81. The lowest BCUT2D eigenvalue weighted by Gasteiger charge is -2.43. The van der Waals surface area contributed by atoms with Crippen LogP contribution in [0.15, 0.2) is 36.4 Å². The van der Waals surface area contributed by atoms with Crippen LogP contribution < -0.4 is 14.5 Å². The Balaban J connectivity index is 1.79. The molecule has 0 saturated carbocycles. The maximum Gasteiger partial charge on any atom is 0.573 e. The first-order valence-corrected chi connectivity index (χ1v) is 12.7. The number of hydrogen-bond donors (Lipinski definition) is 0. The van der Waals surface area contributed by atoms with Crippen molar-refractivity contribution in [2.24, 2.45) is 0 Å². The highest BCUT2D eigenvalue weighted by molar-refractivity contribution is 8.27. The van der Waals surface area contributed by atoms with Gasteiger partial charge in [-0.05, 0) is 64.6 Å². The average Bonchev–Trinajstić information content (AvgIpc) is 3.02. The fraction of sp³-hybridized carbons (Fsp3) is 0.481. The number of alkyl halides is 3. The van der Waals surface area contributed by atoms with Gasteiger partial charge in [0.05, 0.1) is 11.4 Å². The normalized spacial score (nSPS) is 20.9. The number of halogens is 3. The predicted molar refractivity (Wildman–Crippen MR) is 137 cm³/mol. The molecule has 9 heteroatoms. The summed E-state index contributed by atoms with van der Waals surface area (Å²) in [5.41, 5.74) is 4.17. The second kappa shape index (κ2) is 9.01. The van der Waals surface area contributed by atoms with Gasteiger partial charge in [0.25, 0.3) is 5.24 Å². The minimum Gasteiger partial charge on any atom is -0.406 e. The maximum atomic E-state index is 13.1. The third kappa shape index (κ3) is 5.08. The smallest absolute Gasteiger partial charge is 0.406 e. The molecule has 0 aromatic heterocycles. The molecule has 2 aromatic rings. The molecule has 194 valence electrons. The van der Waals surface area contributed by atoms with Crippen molar-refractivity contribution in [2.75, 3.05) is 23.9 Å². The number of carbonyl (C=O) groups is 2. The van der Waals surface area contributed by atoms with E-state index >= 15 is 0 Å². The van der Waals surface area contributed by atoms with Gasteiger partial charge in [0, 0.05) is 32.3 Å². The van der Waals surface area contributed by atoms with Crippen molar-refractivity contribution in [3.63, 3.8) is 0 Å². The SMILES string of the molecule is CN(C)c1cc2c(cc1N1C(=O)SC(=O)C1Cc1cccc(OC(F)(F)F)c1)C(C)(C)CCC2(C)C. The van der Waals surface area contributed by atoms with Crippen molar-refractivity contribution < 1.29 is 27.5 Å². The van der Waals surface area contributed by atoms with E-state index in [0.29, 0.717) is 23.0 Å². The molecule has 4 rings (SSSR count). The molecule has 2 aliphatic rings. The van der Waals surface area contributed by atoms with Crippen LogP contribution in [0.5, 0.6) is 5.75 Å². The number of carbonyl (C=O) groups excluding carboxylic acids is 2. The maximum absolute atomic E-state index is 13.1. The van der Waals surface area contributed by atoms with Crippen LogP contribution in [0.4, 0.5) is 29.3 Å². The van der Waals surface area contributed by atoms with Crippen LogP contribution in [0, 0.1) is 0 Å². The molecule has 36 heavy (non-hydrogen) atoms. The van der Waals surface area contributed by atoms with Crippen molar-refractivity contribution in [1.29, 1.82) is 0 Å². The fourth-order valence-electron chi connectivity index (χ4n) is 5.11. The number of ether oxygens (including phenoxy) is 1. The van der Waals surface area contributed by atoms with Gasteiger partial charge in [0.2, 0.25) is 5.12 Å². The van der Waals surface area contributed by atoms with E-state index in [1.54, 1.807) is 6.07 Å². The van der Waals surface area contributed by atoms with Gasteiger partial charge in [0.1, 0.15) is 11.8 Å². The molecular formula is C27H31F3N2O3S. The highest BCUT2D eigenvalue weighted by atomic mass is 32.2. The van der Waals surface area contributed by atoms with Crippen molar-refractivity contribution in [3.8, 4) is 5.75 Å². The van der Waals surface area contributed by atoms with Crippen LogP contribution in [0.3, 0.4) is 0 Å². The Morgan fingerprint density at radius 2 is 1.64 bits per heavy atom. The number of hydrogen-bond acceptors (Lipinski definition) is 5. The van der Waals surface area contributed by atoms with E-state index < -0.39 is 12.4 Å². The molecule has 5 nitrogen and oxygen atoms in total. The molecule has 1 aliphatic heterocycles. The quantitative estimate of drug-likeness (QED) is 0.433. The molecule has 0 N–H and O–H groups in total. The van der Waals surface area contributed by atoms with Gasteiger partial charge >= 0.3 is 6.36 Å². The van der Waals surface area contributed by atoms with Crippen LogP contribution in [-0.2, 0) is 22.0 Å². The summed E-state index contributed by atoms with van der Waals surface area (Å²) in [5.74, 6) is -0.359. The van der Waals surface area contributed by atoms with Crippen LogP contribution >= 0.6 is 11.8 Å². The summed E-state index contributed by atoms with van der Waals surface area (Å²) in [6, 6.07) is 8.87. The number of rotatable bonds is 5. The molecule has 0 radical (unpaired) electrons. The van der Waals surface area contributed by atoms with E-state index in [-0.39, 0.29) is 33.4 Å². The van der Waals surface area contributed by atoms with Gasteiger partial charge in [-0.25, -0.2) is 0 Å². The Morgan fingerprint density at radius 1 is 1.03 bits per heavy atom. The number of amides is 1. The van der Waals surface area contributed by atoms with Crippen LogP contribution in [-0.4, -0.2) is 36.9 Å².